The van der Waals surface area contributed by atoms with Crippen molar-refractivity contribution < 1.29 is 23.8 Å². The number of carbonyl (C=O) groups is 3. The van der Waals surface area contributed by atoms with Crippen molar-refractivity contribution in [3.63, 3.8) is 0 Å². The lowest BCUT2D eigenvalue weighted by molar-refractivity contribution is -0.385. The molecule has 4 rings (SSSR count). The zero-order chi connectivity index (χ0) is 28.5. The van der Waals surface area contributed by atoms with E-state index >= 15 is 0 Å². The van der Waals surface area contributed by atoms with Crippen LogP contribution < -0.4 is 16.0 Å². The molecule has 0 aliphatic heterocycles. The molecule has 202 valence electrons. The summed E-state index contributed by atoms with van der Waals surface area (Å²) < 4.78 is 4.92. The van der Waals surface area contributed by atoms with Crippen LogP contribution in [0.15, 0.2) is 100 Å². The van der Waals surface area contributed by atoms with Gasteiger partial charge in [-0.25, -0.2) is 0 Å². The monoisotopic (exact) mass is 557 g/mol. The van der Waals surface area contributed by atoms with E-state index in [1.807, 2.05) is 0 Å². The smallest absolute Gasteiger partial charge is 0.276 e. The summed E-state index contributed by atoms with van der Waals surface area (Å²) in [7, 11) is 0. The number of aryl methyl sites for hydroxylation is 1. The van der Waals surface area contributed by atoms with E-state index in [4.69, 9.17) is 4.52 Å². The summed E-state index contributed by atoms with van der Waals surface area (Å²) in [5.74, 6) is -0.428. The Morgan fingerprint density at radius 3 is 2.35 bits per heavy atom. The Morgan fingerprint density at radius 2 is 1.68 bits per heavy atom. The van der Waals surface area contributed by atoms with Crippen molar-refractivity contribution in [3.05, 3.63) is 118 Å². The summed E-state index contributed by atoms with van der Waals surface area (Å²) in [4.78, 5) is 49.8. The van der Waals surface area contributed by atoms with Gasteiger partial charge >= 0.3 is 0 Å². The summed E-state index contributed by atoms with van der Waals surface area (Å²) in [6.07, 6.45) is 1.26. The van der Waals surface area contributed by atoms with Gasteiger partial charge in [-0.05, 0) is 55.5 Å². The number of benzene rings is 3. The third-order valence-corrected chi connectivity index (χ3v) is 6.35. The van der Waals surface area contributed by atoms with Crippen molar-refractivity contribution >= 4 is 52.8 Å². The lowest BCUT2D eigenvalue weighted by atomic mass is 10.1. The van der Waals surface area contributed by atoms with Gasteiger partial charge in [0.1, 0.15) is 11.5 Å². The first-order valence-corrected chi connectivity index (χ1v) is 12.9. The number of nitrogens with one attached hydrogen (secondary N) is 3. The van der Waals surface area contributed by atoms with Crippen molar-refractivity contribution in [2.75, 3.05) is 16.4 Å². The molecule has 0 spiro atoms. The van der Waals surface area contributed by atoms with Crippen LogP contribution in [-0.2, 0) is 9.59 Å². The Kier molecular flexibility index (Phi) is 9.05. The van der Waals surface area contributed by atoms with Gasteiger partial charge in [0.25, 0.3) is 17.5 Å². The van der Waals surface area contributed by atoms with E-state index in [9.17, 15) is 24.5 Å². The number of aromatic nitrogens is 1. The quantitative estimate of drug-likeness (QED) is 0.106. The Morgan fingerprint density at radius 1 is 0.975 bits per heavy atom. The molecule has 3 amide bonds. The van der Waals surface area contributed by atoms with Crippen molar-refractivity contribution in [3.8, 4) is 0 Å². The highest BCUT2D eigenvalue weighted by atomic mass is 32.2. The number of anilines is 2. The average Bonchev–Trinajstić information content (AvgIpc) is 3.36. The molecule has 3 N–H and O–H groups in total. The first-order chi connectivity index (χ1) is 19.3. The number of nitro benzene ring substituents is 1. The number of para-hydroxylation sites is 1. The number of nitro groups is 1. The van der Waals surface area contributed by atoms with E-state index < -0.39 is 16.7 Å². The third kappa shape index (κ3) is 7.65. The zero-order valence-corrected chi connectivity index (χ0v) is 21.9. The van der Waals surface area contributed by atoms with Crippen LogP contribution in [-0.4, -0.2) is 33.6 Å². The highest BCUT2D eigenvalue weighted by Crippen LogP contribution is 2.23. The van der Waals surface area contributed by atoms with E-state index in [-0.39, 0.29) is 28.6 Å². The zero-order valence-electron chi connectivity index (χ0n) is 21.1. The molecular weight excluding hydrogens is 534 g/mol. The molecule has 40 heavy (non-hydrogen) atoms. The fourth-order valence-electron chi connectivity index (χ4n) is 3.46. The van der Waals surface area contributed by atoms with Gasteiger partial charge in [-0.15, -0.1) is 11.8 Å². The number of hydrogen-bond acceptors (Lipinski definition) is 8. The number of rotatable bonds is 10. The summed E-state index contributed by atoms with van der Waals surface area (Å²) in [6.45, 7) is 1.72. The van der Waals surface area contributed by atoms with Crippen LogP contribution in [0.1, 0.15) is 21.7 Å². The molecule has 11 nitrogen and oxygen atoms in total. The molecule has 0 unspecified atom stereocenters. The molecule has 1 heterocycles. The second-order valence-corrected chi connectivity index (χ2v) is 9.38. The predicted octanol–water partition coefficient (Wildman–Crippen LogP) is 5.03. The Balaban J connectivity index is 1.46. The van der Waals surface area contributed by atoms with Crippen LogP contribution in [0.25, 0.3) is 6.08 Å². The minimum atomic E-state index is -0.676. The van der Waals surface area contributed by atoms with Gasteiger partial charge in [0.15, 0.2) is 5.82 Å². The highest BCUT2D eigenvalue weighted by Gasteiger charge is 2.18. The number of thioether (sulfide) groups is 1. The number of carbonyl (C=O) groups excluding carboxylic acids is 3. The van der Waals surface area contributed by atoms with Gasteiger partial charge in [-0.1, -0.05) is 35.5 Å². The van der Waals surface area contributed by atoms with Crippen molar-refractivity contribution in [1.82, 2.24) is 10.5 Å². The standard InChI is InChI=1S/C28H23N5O6S/c1-18-15-25(32-39-18)31-26(34)17-40-22-13-11-21(12-14-22)29-28(36)23(30-27(35)19-7-3-2-4-8-19)16-20-9-5-6-10-24(20)33(37)38/h2-16H,17H2,1H3,(H,29,36)(H,30,35)(H,31,32,34)/b23-16-. The normalized spacial score (nSPS) is 11.0. The second-order valence-electron chi connectivity index (χ2n) is 8.33. The van der Waals surface area contributed by atoms with Gasteiger partial charge in [0, 0.05) is 28.3 Å². The molecule has 1 aromatic heterocycles. The molecule has 3 aromatic carbocycles. The minimum absolute atomic E-state index is 0.131. The number of nitrogens with zero attached hydrogens (tertiary/aromatic N) is 2. The van der Waals surface area contributed by atoms with E-state index in [1.54, 1.807) is 73.7 Å². The topological polar surface area (TPSA) is 156 Å². The highest BCUT2D eigenvalue weighted by molar-refractivity contribution is 8.00. The van der Waals surface area contributed by atoms with E-state index in [0.29, 0.717) is 22.8 Å². The fourth-order valence-corrected chi connectivity index (χ4v) is 4.16. The molecule has 12 heteroatoms. The molecule has 0 saturated heterocycles. The van der Waals surface area contributed by atoms with Crippen LogP contribution in [0.3, 0.4) is 0 Å². The van der Waals surface area contributed by atoms with Gasteiger partial charge in [-0.3, -0.25) is 24.5 Å². The maximum Gasteiger partial charge on any atom is 0.276 e. The second kappa shape index (κ2) is 13.0. The summed E-state index contributed by atoms with van der Waals surface area (Å²) >= 11 is 1.29. The van der Waals surface area contributed by atoms with Crippen molar-refractivity contribution in [2.24, 2.45) is 0 Å². The largest absolute Gasteiger partial charge is 0.360 e. The van der Waals surface area contributed by atoms with Crippen LogP contribution in [0.2, 0.25) is 0 Å². The van der Waals surface area contributed by atoms with Crippen LogP contribution >= 0.6 is 11.8 Å². The number of hydrogen-bond donors (Lipinski definition) is 3. The predicted molar refractivity (Wildman–Crippen MR) is 151 cm³/mol. The Hall–Kier alpha value is -5.23. The van der Waals surface area contributed by atoms with Gasteiger partial charge in [0.2, 0.25) is 5.91 Å². The fraction of sp³-hybridized carbons (Fsp3) is 0.0714. The Labute approximate surface area is 232 Å². The summed E-state index contributed by atoms with van der Waals surface area (Å²) in [5.41, 5.74) is 0.483. The summed E-state index contributed by atoms with van der Waals surface area (Å²) in [5, 5.41) is 23.1. The van der Waals surface area contributed by atoms with Gasteiger partial charge in [0.05, 0.1) is 16.2 Å². The van der Waals surface area contributed by atoms with E-state index in [2.05, 4.69) is 21.1 Å². The molecule has 0 radical (unpaired) electrons. The van der Waals surface area contributed by atoms with Crippen LogP contribution in [0.5, 0.6) is 0 Å². The first-order valence-electron chi connectivity index (χ1n) is 11.9. The van der Waals surface area contributed by atoms with E-state index in [0.717, 1.165) is 4.90 Å². The molecule has 0 fully saturated rings. The molecule has 0 saturated carbocycles. The van der Waals surface area contributed by atoms with Gasteiger partial charge in [-0.2, -0.15) is 0 Å². The first kappa shape index (κ1) is 27.8. The van der Waals surface area contributed by atoms with Crippen molar-refractivity contribution in [1.29, 1.82) is 0 Å². The van der Waals surface area contributed by atoms with Crippen LogP contribution in [0.4, 0.5) is 17.2 Å². The minimum Gasteiger partial charge on any atom is -0.360 e. The summed E-state index contributed by atoms with van der Waals surface area (Å²) in [6, 6.07) is 22.5. The van der Waals surface area contributed by atoms with Crippen molar-refractivity contribution in [2.45, 2.75) is 11.8 Å². The molecule has 0 aliphatic rings. The molecule has 0 atom stereocenters. The third-order valence-electron chi connectivity index (χ3n) is 5.34. The SMILES string of the molecule is Cc1cc(NC(=O)CSc2ccc(NC(=O)/C(=C/c3ccccc3[N+](=O)[O-])NC(=O)c3ccccc3)cc2)no1. The molecule has 0 bridgehead atoms. The Bertz CT molecular complexity index is 1570. The van der Waals surface area contributed by atoms with Gasteiger partial charge < -0.3 is 20.5 Å². The number of amides is 3. The maximum absolute atomic E-state index is 13.2. The van der Waals surface area contributed by atoms with E-state index in [1.165, 1.54) is 36.0 Å². The lowest BCUT2D eigenvalue weighted by Gasteiger charge is -2.12. The average molecular weight is 558 g/mol. The van der Waals surface area contributed by atoms with Crippen LogP contribution in [0, 0.1) is 17.0 Å². The lowest BCUT2D eigenvalue weighted by Crippen LogP contribution is -2.30. The molecule has 0 aliphatic carbocycles. The molecular formula is C28H23N5O6S. The maximum atomic E-state index is 13.2. The molecule has 4 aromatic rings.